The molecule has 0 aliphatic heterocycles. The molecule has 1 heterocycles. The Morgan fingerprint density at radius 1 is 1.17 bits per heavy atom. The SMILES string of the molecule is C=CCn1nnc(C(=O)NCCO)c1COc1cccc(Nc2ccccc2)c1. The molecule has 0 saturated carbocycles. The number of ether oxygens (including phenoxy) is 1. The monoisotopic (exact) mass is 393 g/mol. The number of aliphatic hydroxyl groups is 1. The normalized spacial score (nSPS) is 10.4. The number of carbonyl (C=O) groups is 1. The van der Waals surface area contributed by atoms with E-state index in [9.17, 15) is 4.79 Å². The molecule has 0 bridgehead atoms. The highest BCUT2D eigenvalue weighted by atomic mass is 16.5. The molecule has 3 N–H and O–H groups in total. The number of amides is 1. The topological polar surface area (TPSA) is 101 Å². The Balaban J connectivity index is 1.73. The maximum Gasteiger partial charge on any atom is 0.273 e. The summed E-state index contributed by atoms with van der Waals surface area (Å²) in [6.45, 7) is 4.19. The van der Waals surface area contributed by atoms with Crippen LogP contribution in [0.15, 0.2) is 67.3 Å². The number of nitrogens with zero attached hydrogens (tertiary/aromatic N) is 3. The molecule has 0 radical (unpaired) electrons. The van der Waals surface area contributed by atoms with Gasteiger partial charge in [-0.05, 0) is 24.3 Å². The van der Waals surface area contributed by atoms with Crippen LogP contribution in [0.4, 0.5) is 11.4 Å². The lowest BCUT2D eigenvalue weighted by atomic mass is 10.2. The number of hydrogen-bond acceptors (Lipinski definition) is 6. The number of carbonyl (C=O) groups excluding carboxylic acids is 1. The molecule has 3 rings (SSSR count). The van der Waals surface area contributed by atoms with Gasteiger partial charge in [-0.1, -0.05) is 35.6 Å². The minimum absolute atomic E-state index is 0.109. The first-order chi connectivity index (χ1) is 14.2. The minimum Gasteiger partial charge on any atom is -0.487 e. The highest BCUT2D eigenvalue weighted by Crippen LogP contribution is 2.22. The largest absolute Gasteiger partial charge is 0.487 e. The summed E-state index contributed by atoms with van der Waals surface area (Å²) in [7, 11) is 0. The second kappa shape index (κ2) is 10.0. The molecule has 2 aromatic carbocycles. The van der Waals surface area contributed by atoms with Gasteiger partial charge in [0.05, 0.1) is 13.2 Å². The molecule has 0 atom stereocenters. The van der Waals surface area contributed by atoms with E-state index < -0.39 is 5.91 Å². The predicted molar refractivity (Wildman–Crippen MR) is 110 cm³/mol. The molecule has 1 aromatic heterocycles. The first-order valence-electron chi connectivity index (χ1n) is 9.18. The Kier molecular flexibility index (Phi) is 6.96. The smallest absolute Gasteiger partial charge is 0.273 e. The molecular weight excluding hydrogens is 370 g/mol. The molecular formula is C21H23N5O3. The third kappa shape index (κ3) is 5.43. The van der Waals surface area contributed by atoms with Crippen LogP contribution >= 0.6 is 0 Å². The lowest BCUT2D eigenvalue weighted by Crippen LogP contribution is -2.28. The summed E-state index contributed by atoms with van der Waals surface area (Å²) in [6.07, 6.45) is 1.66. The van der Waals surface area contributed by atoms with Crippen molar-refractivity contribution in [1.82, 2.24) is 20.3 Å². The molecule has 0 aliphatic carbocycles. The van der Waals surface area contributed by atoms with Crippen LogP contribution in [0.1, 0.15) is 16.2 Å². The third-order valence-electron chi connectivity index (χ3n) is 4.02. The zero-order valence-electron chi connectivity index (χ0n) is 15.9. The number of nitrogens with one attached hydrogen (secondary N) is 2. The van der Waals surface area contributed by atoms with E-state index in [-0.39, 0.29) is 25.5 Å². The van der Waals surface area contributed by atoms with E-state index in [1.807, 2.05) is 54.6 Å². The van der Waals surface area contributed by atoms with Gasteiger partial charge in [0, 0.05) is 24.0 Å². The second-order valence-electron chi connectivity index (χ2n) is 6.14. The van der Waals surface area contributed by atoms with Crippen molar-refractivity contribution in [2.45, 2.75) is 13.2 Å². The average Bonchev–Trinajstić information content (AvgIpc) is 3.14. The first kappa shape index (κ1) is 20.1. The quantitative estimate of drug-likeness (QED) is 0.458. The van der Waals surface area contributed by atoms with Gasteiger partial charge < -0.3 is 20.5 Å². The Labute approximate surface area is 168 Å². The van der Waals surface area contributed by atoms with Gasteiger partial charge in [-0.15, -0.1) is 11.7 Å². The van der Waals surface area contributed by atoms with Crippen LogP contribution in [-0.2, 0) is 13.2 Å². The van der Waals surface area contributed by atoms with E-state index in [4.69, 9.17) is 9.84 Å². The first-order valence-corrected chi connectivity index (χ1v) is 9.18. The minimum atomic E-state index is -0.410. The summed E-state index contributed by atoms with van der Waals surface area (Å²) in [6, 6.07) is 17.4. The number of aliphatic hydroxyl groups excluding tert-OH is 1. The molecule has 0 spiro atoms. The standard InChI is InChI=1S/C21H23N5O3/c1-2-12-26-19(20(24-25-26)21(28)22-11-13-27)15-29-18-10-6-9-17(14-18)23-16-7-4-3-5-8-16/h2-10,14,23,27H,1,11-13,15H2,(H,22,28). The third-order valence-corrected chi connectivity index (χ3v) is 4.02. The summed E-state index contributed by atoms with van der Waals surface area (Å²) >= 11 is 0. The van der Waals surface area contributed by atoms with Crippen molar-refractivity contribution in [2.75, 3.05) is 18.5 Å². The molecule has 8 heteroatoms. The summed E-state index contributed by atoms with van der Waals surface area (Å²) in [5, 5.41) is 22.8. The Morgan fingerprint density at radius 2 is 1.97 bits per heavy atom. The molecule has 3 aromatic rings. The van der Waals surface area contributed by atoms with Crippen LogP contribution in [0.3, 0.4) is 0 Å². The fraction of sp³-hybridized carbons (Fsp3) is 0.190. The van der Waals surface area contributed by atoms with Crippen LogP contribution < -0.4 is 15.4 Å². The van der Waals surface area contributed by atoms with Gasteiger partial charge in [0.1, 0.15) is 18.1 Å². The molecule has 1 amide bonds. The lowest BCUT2D eigenvalue weighted by Gasteiger charge is -2.11. The number of aromatic nitrogens is 3. The van der Waals surface area contributed by atoms with Gasteiger partial charge in [-0.25, -0.2) is 4.68 Å². The Bertz CT molecular complexity index is 956. The number of benzene rings is 2. The second-order valence-corrected chi connectivity index (χ2v) is 6.14. The number of anilines is 2. The van der Waals surface area contributed by atoms with Gasteiger partial charge in [-0.3, -0.25) is 4.79 Å². The van der Waals surface area contributed by atoms with Crippen molar-refractivity contribution in [2.24, 2.45) is 0 Å². The molecule has 29 heavy (non-hydrogen) atoms. The van der Waals surface area contributed by atoms with Gasteiger partial charge in [0.2, 0.25) is 0 Å². The van der Waals surface area contributed by atoms with Crippen LogP contribution in [0.25, 0.3) is 0 Å². The van der Waals surface area contributed by atoms with Crippen molar-refractivity contribution >= 4 is 17.3 Å². The fourth-order valence-corrected chi connectivity index (χ4v) is 2.68. The summed E-state index contributed by atoms with van der Waals surface area (Å²) in [5.74, 6) is 0.228. The van der Waals surface area contributed by atoms with E-state index in [2.05, 4.69) is 27.5 Å². The highest BCUT2D eigenvalue weighted by Gasteiger charge is 2.19. The van der Waals surface area contributed by atoms with Crippen LogP contribution in [-0.4, -0.2) is 39.2 Å². The van der Waals surface area contributed by atoms with Crippen LogP contribution in [0.2, 0.25) is 0 Å². The molecule has 150 valence electrons. The number of allylic oxidation sites excluding steroid dienone is 1. The Hall–Kier alpha value is -3.65. The van der Waals surface area contributed by atoms with Gasteiger partial charge in [-0.2, -0.15) is 0 Å². The van der Waals surface area contributed by atoms with Gasteiger partial charge >= 0.3 is 0 Å². The number of hydrogen-bond donors (Lipinski definition) is 3. The van der Waals surface area contributed by atoms with Crippen molar-refractivity contribution in [1.29, 1.82) is 0 Å². The summed E-state index contributed by atoms with van der Waals surface area (Å²) in [4.78, 5) is 12.3. The molecule has 0 unspecified atom stereocenters. The predicted octanol–water partition coefficient (Wildman–Crippen LogP) is 2.51. The summed E-state index contributed by atoms with van der Waals surface area (Å²) in [5.41, 5.74) is 2.55. The highest BCUT2D eigenvalue weighted by molar-refractivity contribution is 5.93. The van der Waals surface area contributed by atoms with E-state index in [1.54, 1.807) is 10.8 Å². The van der Waals surface area contributed by atoms with Crippen molar-refractivity contribution in [3.63, 3.8) is 0 Å². The maximum absolute atomic E-state index is 12.3. The number of rotatable bonds is 10. The fourth-order valence-electron chi connectivity index (χ4n) is 2.68. The lowest BCUT2D eigenvalue weighted by molar-refractivity contribution is 0.0937. The van der Waals surface area contributed by atoms with Gasteiger partial charge in [0.15, 0.2) is 5.69 Å². The molecule has 0 saturated heterocycles. The molecule has 0 fully saturated rings. The maximum atomic E-state index is 12.3. The Morgan fingerprint density at radius 3 is 2.72 bits per heavy atom. The molecule has 8 nitrogen and oxygen atoms in total. The van der Waals surface area contributed by atoms with Crippen molar-refractivity contribution < 1.29 is 14.6 Å². The number of para-hydroxylation sites is 1. The van der Waals surface area contributed by atoms with E-state index in [0.29, 0.717) is 18.0 Å². The van der Waals surface area contributed by atoms with E-state index in [0.717, 1.165) is 11.4 Å². The van der Waals surface area contributed by atoms with Crippen molar-refractivity contribution in [3.8, 4) is 5.75 Å². The molecule has 0 aliphatic rings. The summed E-state index contributed by atoms with van der Waals surface area (Å²) < 4.78 is 7.47. The zero-order chi connectivity index (χ0) is 20.5. The van der Waals surface area contributed by atoms with Gasteiger partial charge in [0.25, 0.3) is 5.91 Å². The average molecular weight is 393 g/mol. The van der Waals surface area contributed by atoms with E-state index in [1.165, 1.54) is 0 Å². The van der Waals surface area contributed by atoms with Crippen LogP contribution in [0, 0.1) is 0 Å². The van der Waals surface area contributed by atoms with E-state index >= 15 is 0 Å². The zero-order valence-corrected chi connectivity index (χ0v) is 15.9. The van der Waals surface area contributed by atoms with Crippen LogP contribution in [0.5, 0.6) is 5.75 Å². The van der Waals surface area contributed by atoms with Crippen molar-refractivity contribution in [3.05, 3.63) is 78.6 Å².